The van der Waals surface area contributed by atoms with Crippen LogP contribution < -0.4 is 5.32 Å². The van der Waals surface area contributed by atoms with Gasteiger partial charge in [0, 0.05) is 6.20 Å². The minimum absolute atomic E-state index is 0.0798. The zero-order valence-corrected chi connectivity index (χ0v) is 7.62. The lowest BCUT2D eigenvalue weighted by Gasteiger charge is -2.16. The number of methoxy groups -OCH3 is 1. The van der Waals surface area contributed by atoms with Crippen LogP contribution in [-0.2, 0) is 9.53 Å². The predicted molar refractivity (Wildman–Crippen MR) is 44.9 cm³/mol. The Balaban J connectivity index is 2.60. The third-order valence-electron chi connectivity index (χ3n) is 1.30. The molecule has 0 spiro atoms. The van der Waals surface area contributed by atoms with E-state index in [-0.39, 0.29) is 10.8 Å². The summed E-state index contributed by atoms with van der Waals surface area (Å²) in [6.07, 6.45) is 1.69. The van der Waals surface area contributed by atoms with Crippen LogP contribution in [0, 0.1) is 0 Å². The number of ether oxygens (including phenoxy) is 1. The average molecular weight is 173 g/mol. The van der Waals surface area contributed by atoms with Crippen LogP contribution in [0.4, 0.5) is 0 Å². The molecule has 0 unspecified atom stereocenters. The summed E-state index contributed by atoms with van der Waals surface area (Å²) < 4.78 is 4.56. The number of nitrogens with one attached hydrogen (secondary N) is 1. The first-order chi connectivity index (χ1) is 5.05. The normalized spacial score (nSPS) is 20.5. The summed E-state index contributed by atoms with van der Waals surface area (Å²) in [6, 6.07) is 0. The molecule has 0 bridgehead atoms. The highest BCUT2D eigenvalue weighted by Gasteiger charge is 2.28. The first-order valence-corrected chi connectivity index (χ1v) is 4.12. The van der Waals surface area contributed by atoms with Crippen molar-refractivity contribution in [3.05, 3.63) is 11.1 Å². The summed E-state index contributed by atoms with van der Waals surface area (Å²) in [5.74, 6) is -0.270. The summed E-state index contributed by atoms with van der Waals surface area (Å²) in [7, 11) is 1.38. The molecule has 0 aromatic heterocycles. The molecule has 1 aliphatic rings. The van der Waals surface area contributed by atoms with E-state index in [0.717, 1.165) is 0 Å². The van der Waals surface area contributed by atoms with Gasteiger partial charge in [-0.15, -0.1) is 0 Å². The van der Waals surface area contributed by atoms with E-state index in [2.05, 4.69) is 10.1 Å². The summed E-state index contributed by atoms with van der Waals surface area (Å²) in [4.78, 5) is 11.5. The summed E-state index contributed by atoms with van der Waals surface area (Å²) >= 11 is 1.48. The summed E-state index contributed by atoms with van der Waals surface area (Å²) in [6.45, 7) is 4.01. The number of thioether (sulfide) groups is 1. The van der Waals surface area contributed by atoms with Gasteiger partial charge in [0.25, 0.3) is 0 Å². The van der Waals surface area contributed by atoms with Gasteiger partial charge in [-0.05, 0) is 13.8 Å². The number of carbonyl (C=O) groups is 1. The van der Waals surface area contributed by atoms with Gasteiger partial charge in [0.05, 0.1) is 12.0 Å². The predicted octanol–water partition coefficient (Wildman–Crippen LogP) is 1.07. The molecule has 62 valence electrons. The maximum absolute atomic E-state index is 11.0. The largest absolute Gasteiger partial charge is 0.465 e. The van der Waals surface area contributed by atoms with E-state index >= 15 is 0 Å². The Morgan fingerprint density at radius 2 is 2.36 bits per heavy atom. The van der Waals surface area contributed by atoms with E-state index in [0.29, 0.717) is 4.91 Å². The van der Waals surface area contributed by atoms with Crippen LogP contribution in [0.5, 0.6) is 0 Å². The van der Waals surface area contributed by atoms with Gasteiger partial charge in [-0.1, -0.05) is 11.8 Å². The number of carbonyl (C=O) groups excluding carboxylic acids is 1. The highest BCUT2D eigenvalue weighted by Crippen LogP contribution is 2.34. The van der Waals surface area contributed by atoms with E-state index in [9.17, 15) is 4.79 Å². The number of rotatable bonds is 1. The fraction of sp³-hybridized carbons (Fsp3) is 0.571. The Morgan fingerprint density at radius 1 is 1.73 bits per heavy atom. The van der Waals surface area contributed by atoms with Gasteiger partial charge in [-0.3, -0.25) is 0 Å². The molecule has 0 amide bonds. The molecule has 0 aromatic carbocycles. The quantitative estimate of drug-likeness (QED) is 0.602. The first-order valence-electron chi connectivity index (χ1n) is 3.30. The molecule has 1 heterocycles. The minimum Gasteiger partial charge on any atom is -0.465 e. The van der Waals surface area contributed by atoms with Gasteiger partial charge in [-0.25, -0.2) is 4.79 Å². The molecular weight excluding hydrogens is 162 g/mol. The topological polar surface area (TPSA) is 38.3 Å². The molecule has 1 N–H and O–H groups in total. The third-order valence-corrected chi connectivity index (χ3v) is 2.44. The second-order valence-electron chi connectivity index (χ2n) is 2.76. The van der Waals surface area contributed by atoms with Crippen molar-refractivity contribution in [1.29, 1.82) is 0 Å². The van der Waals surface area contributed by atoms with Crippen molar-refractivity contribution < 1.29 is 9.53 Å². The van der Waals surface area contributed by atoms with E-state index in [1.54, 1.807) is 6.20 Å². The molecule has 3 nitrogen and oxygen atoms in total. The van der Waals surface area contributed by atoms with Gasteiger partial charge in [-0.2, -0.15) is 0 Å². The fourth-order valence-electron chi connectivity index (χ4n) is 0.774. The molecule has 0 aliphatic carbocycles. The first kappa shape index (κ1) is 8.46. The monoisotopic (exact) mass is 173 g/mol. The Hall–Kier alpha value is -0.640. The Bertz CT molecular complexity index is 210. The van der Waals surface area contributed by atoms with Gasteiger partial charge in [0.2, 0.25) is 0 Å². The van der Waals surface area contributed by atoms with E-state index in [1.165, 1.54) is 18.9 Å². The van der Waals surface area contributed by atoms with E-state index in [4.69, 9.17) is 0 Å². The molecular formula is C7H11NO2S. The maximum atomic E-state index is 11.0. The van der Waals surface area contributed by atoms with Crippen LogP contribution in [0.2, 0.25) is 0 Å². The molecule has 1 aliphatic heterocycles. The molecule has 11 heavy (non-hydrogen) atoms. The van der Waals surface area contributed by atoms with Crippen molar-refractivity contribution in [1.82, 2.24) is 5.32 Å². The van der Waals surface area contributed by atoms with E-state index < -0.39 is 0 Å². The zero-order valence-electron chi connectivity index (χ0n) is 6.80. The fourth-order valence-corrected chi connectivity index (χ4v) is 1.73. The van der Waals surface area contributed by atoms with E-state index in [1.807, 2.05) is 13.8 Å². The number of esters is 1. The molecule has 0 radical (unpaired) electrons. The minimum atomic E-state index is -0.270. The maximum Gasteiger partial charge on any atom is 0.345 e. The Morgan fingerprint density at radius 3 is 2.73 bits per heavy atom. The van der Waals surface area contributed by atoms with Crippen LogP contribution in [0.3, 0.4) is 0 Å². The molecule has 1 rings (SSSR count). The third kappa shape index (κ3) is 1.89. The van der Waals surface area contributed by atoms with Crippen molar-refractivity contribution in [3.8, 4) is 0 Å². The van der Waals surface area contributed by atoms with Crippen molar-refractivity contribution in [2.45, 2.75) is 18.7 Å². The highest BCUT2D eigenvalue weighted by atomic mass is 32.2. The molecule has 0 aromatic rings. The van der Waals surface area contributed by atoms with Crippen molar-refractivity contribution >= 4 is 17.7 Å². The lowest BCUT2D eigenvalue weighted by atomic mass is 10.4. The van der Waals surface area contributed by atoms with Crippen molar-refractivity contribution in [2.24, 2.45) is 0 Å². The highest BCUT2D eigenvalue weighted by molar-refractivity contribution is 8.05. The molecule has 0 saturated carbocycles. The van der Waals surface area contributed by atoms with Crippen LogP contribution in [0.1, 0.15) is 13.8 Å². The summed E-state index contributed by atoms with van der Waals surface area (Å²) in [5.41, 5.74) is 0. The Kier molecular flexibility index (Phi) is 2.13. The Labute approximate surface area is 70.2 Å². The van der Waals surface area contributed by atoms with Crippen LogP contribution >= 0.6 is 11.8 Å². The van der Waals surface area contributed by atoms with Gasteiger partial charge < -0.3 is 10.1 Å². The molecule has 0 saturated heterocycles. The number of hydrogen-bond acceptors (Lipinski definition) is 4. The average Bonchev–Trinajstić information content (AvgIpc) is 2.29. The molecule has 0 atom stereocenters. The smallest absolute Gasteiger partial charge is 0.345 e. The molecule has 4 heteroatoms. The van der Waals surface area contributed by atoms with Gasteiger partial charge >= 0.3 is 5.97 Å². The second-order valence-corrected chi connectivity index (χ2v) is 4.42. The van der Waals surface area contributed by atoms with Gasteiger partial charge in [0.1, 0.15) is 4.91 Å². The lowest BCUT2D eigenvalue weighted by Crippen LogP contribution is -2.26. The second kappa shape index (κ2) is 2.77. The number of hydrogen-bond donors (Lipinski definition) is 1. The zero-order chi connectivity index (χ0) is 8.48. The van der Waals surface area contributed by atoms with Crippen molar-refractivity contribution in [3.63, 3.8) is 0 Å². The van der Waals surface area contributed by atoms with Crippen LogP contribution in [0.15, 0.2) is 11.1 Å². The van der Waals surface area contributed by atoms with Crippen LogP contribution in [-0.4, -0.2) is 18.0 Å². The SMILES string of the molecule is COC(=O)C1=CNC(C)(C)S1. The lowest BCUT2D eigenvalue weighted by molar-refractivity contribution is -0.135. The van der Waals surface area contributed by atoms with Gasteiger partial charge in [0.15, 0.2) is 0 Å². The standard InChI is InChI=1S/C7H11NO2S/c1-7(2)8-4-5(11-7)6(9)10-3/h4,8H,1-3H3. The van der Waals surface area contributed by atoms with Crippen molar-refractivity contribution in [2.75, 3.05) is 7.11 Å². The van der Waals surface area contributed by atoms with Crippen LogP contribution in [0.25, 0.3) is 0 Å². The summed E-state index contributed by atoms with van der Waals surface area (Å²) in [5, 5.41) is 3.06. The molecule has 0 fully saturated rings.